The molecule has 2 fully saturated rings. The van der Waals surface area contributed by atoms with Crippen molar-refractivity contribution in [2.45, 2.75) is 57.7 Å². The second-order valence-electron chi connectivity index (χ2n) is 5.87. The molecule has 0 aromatic heterocycles. The maximum Gasteiger partial charge on any atom is 0.410 e. The van der Waals surface area contributed by atoms with Gasteiger partial charge in [0.25, 0.3) is 0 Å². The van der Waals surface area contributed by atoms with E-state index in [1.54, 1.807) is 4.90 Å². The average molecular weight is 241 g/mol. The molecule has 0 aromatic carbocycles. The molecule has 2 aliphatic heterocycles. The number of ether oxygens (including phenoxy) is 1. The first-order valence-electron chi connectivity index (χ1n) is 6.04. The summed E-state index contributed by atoms with van der Waals surface area (Å²) >= 11 is 0. The van der Waals surface area contributed by atoms with Crippen LogP contribution in [0.4, 0.5) is 4.79 Å². The van der Waals surface area contributed by atoms with Crippen LogP contribution in [0.25, 0.3) is 0 Å². The van der Waals surface area contributed by atoms with Crippen molar-refractivity contribution in [2.24, 2.45) is 5.92 Å². The third kappa shape index (κ3) is 2.23. The second kappa shape index (κ2) is 3.89. The zero-order valence-electron chi connectivity index (χ0n) is 10.5. The molecule has 0 aliphatic carbocycles. The summed E-state index contributed by atoms with van der Waals surface area (Å²) < 4.78 is 5.32. The van der Waals surface area contributed by atoms with E-state index < -0.39 is 17.5 Å². The molecular weight excluding hydrogens is 222 g/mol. The Labute approximate surface area is 101 Å². The van der Waals surface area contributed by atoms with Crippen LogP contribution in [-0.2, 0) is 9.53 Å². The van der Waals surface area contributed by atoms with Crippen LogP contribution in [0.3, 0.4) is 0 Å². The molecule has 2 heterocycles. The molecule has 2 rings (SSSR count). The van der Waals surface area contributed by atoms with Crippen LogP contribution < -0.4 is 0 Å². The largest absolute Gasteiger partial charge is 0.481 e. The van der Waals surface area contributed by atoms with Crippen molar-refractivity contribution >= 4 is 12.1 Å². The summed E-state index contributed by atoms with van der Waals surface area (Å²) in [5, 5.41) is 9.09. The Bertz CT molecular complexity index is 347. The van der Waals surface area contributed by atoms with E-state index in [0.29, 0.717) is 6.42 Å². The monoisotopic (exact) mass is 241 g/mol. The lowest BCUT2D eigenvalue weighted by atomic mass is 9.89. The normalized spacial score (nSPS) is 31.7. The van der Waals surface area contributed by atoms with Gasteiger partial charge in [-0.15, -0.1) is 0 Å². The lowest BCUT2D eigenvalue weighted by molar-refractivity contribution is -0.142. The summed E-state index contributed by atoms with van der Waals surface area (Å²) in [6, 6.07) is -0.122. The average Bonchev–Trinajstić information content (AvgIpc) is 2.70. The summed E-state index contributed by atoms with van der Waals surface area (Å²) in [6.45, 7) is 5.45. The molecule has 5 nitrogen and oxygen atoms in total. The Hall–Kier alpha value is -1.26. The summed E-state index contributed by atoms with van der Waals surface area (Å²) in [5.41, 5.74) is -0.530. The summed E-state index contributed by atoms with van der Waals surface area (Å²) in [6.07, 6.45) is 1.88. The Morgan fingerprint density at radius 3 is 2.41 bits per heavy atom. The van der Waals surface area contributed by atoms with Gasteiger partial charge in [0, 0.05) is 12.1 Å². The number of carbonyl (C=O) groups excluding carboxylic acids is 1. The number of aliphatic carboxylic acids is 1. The fraction of sp³-hybridized carbons (Fsp3) is 0.833. The lowest BCUT2D eigenvalue weighted by Crippen LogP contribution is -2.41. The molecule has 2 bridgehead atoms. The topological polar surface area (TPSA) is 66.8 Å². The fourth-order valence-corrected chi connectivity index (χ4v) is 2.85. The van der Waals surface area contributed by atoms with Crippen molar-refractivity contribution in [1.29, 1.82) is 0 Å². The third-order valence-corrected chi connectivity index (χ3v) is 3.46. The van der Waals surface area contributed by atoms with Gasteiger partial charge in [-0.2, -0.15) is 0 Å². The van der Waals surface area contributed by atoms with Crippen molar-refractivity contribution in [3.8, 4) is 0 Å². The van der Waals surface area contributed by atoms with E-state index >= 15 is 0 Å². The van der Waals surface area contributed by atoms with Crippen molar-refractivity contribution in [1.82, 2.24) is 4.90 Å². The highest BCUT2D eigenvalue weighted by Crippen LogP contribution is 2.42. The molecule has 96 valence electrons. The molecule has 17 heavy (non-hydrogen) atoms. The van der Waals surface area contributed by atoms with Crippen LogP contribution in [0.5, 0.6) is 0 Å². The zero-order valence-corrected chi connectivity index (χ0v) is 10.5. The predicted molar refractivity (Wildman–Crippen MR) is 60.6 cm³/mol. The van der Waals surface area contributed by atoms with Crippen molar-refractivity contribution in [3.63, 3.8) is 0 Å². The molecule has 2 saturated heterocycles. The molecule has 0 unspecified atom stereocenters. The molecule has 5 heteroatoms. The third-order valence-electron chi connectivity index (χ3n) is 3.46. The molecule has 0 saturated carbocycles. The number of carbonyl (C=O) groups is 2. The number of carboxylic acid groups (broad SMARTS) is 1. The summed E-state index contributed by atoms with van der Waals surface area (Å²) in [4.78, 5) is 24.7. The Morgan fingerprint density at radius 1 is 1.29 bits per heavy atom. The van der Waals surface area contributed by atoms with Crippen molar-refractivity contribution in [2.75, 3.05) is 0 Å². The second-order valence-corrected chi connectivity index (χ2v) is 5.87. The minimum atomic E-state index is -0.800. The van der Waals surface area contributed by atoms with E-state index in [-0.39, 0.29) is 18.2 Å². The predicted octanol–water partition coefficient (Wildman–Crippen LogP) is 1.86. The van der Waals surface area contributed by atoms with Crippen LogP contribution in [0.15, 0.2) is 0 Å². The van der Waals surface area contributed by atoms with Gasteiger partial charge in [-0.3, -0.25) is 4.79 Å². The highest BCUT2D eigenvalue weighted by atomic mass is 16.6. The number of hydrogen-bond acceptors (Lipinski definition) is 3. The first kappa shape index (κ1) is 12.2. The Morgan fingerprint density at radius 2 is 1.94 bits per heavy atom. The molecule has 3 atom stereocenters. The van der Waals surface area contributed by atoms with Crippen LogP contribution in [0.2, 0.25) is 0 Å². The molecule has 0 aromatic rings. The first-order valence-corrected chi connectivity index (χ1v) is 6.04. The highest BCUT2D eigenvalue weighted by Gasteiger charge is 2.52. The number of hydrogen-bond donors (Lipinski definition) is 1. The van der Waals surface area contributed by atoms with Crippen molar-refractivity contribution < 1.29 is 19.4 Å². The minimum absolute atomic E-state index is 0.0518. The van der Waals surface area contributed by atoms with E-state index in [2.05, 4.69) is 0 Å². The molecule has 1 amide bonds. The van der Waals surface area contributed by atoms with E-state index in [1.165, 1.54) is 0 Å². The molecule has 0 spiro atoms. The van der Waals surface area contributed by atoms with Gasteiger partial charge in [0.05, 0.1) is 5.92 Å². The molecular formula is C12H19NO4. The lowest BCUT2D eigenvalue weighted by Gasteiger charge is -2.27. The van der Waals surface area contributed by atoms with Gasteiger partial charge in [0.1, 0.15) is 5.60 Å². The van der Waals surface area contributed by atoms with Gasteiger partial charge >= 0.3 is 12.1 Å². The molecule has 1 N–H and O–H groups in total. The smallest absolute Gasteiger partial charge is 0.410 e. The fourth-order valence-electron chi connectivity index (χ4n) is 2.85. The maximum absolute atomic E-state index is 12.0. The Kier molecular flexibility index (Phi) is 2.79. The minimum Gasteiger partial charge on any atom is -0.481 e. The van der Waals surface area contributed by atoms with Gasteiger partial charge < -0.3 is 14.7 Å². The number of nitrogens with zero attached hydrogens (tertiary/aromatic N) is 1. The van der Waals surface area contributed by atoms with E-state index in [0.717, 1.165) is 12.8 Å². The maximum atomic E-state index is 12.0. The zero-order chi connectivity index (χ0) is 12.8. The quantitative estimate of drug-likeness (QED) is 0.761. The van der Waals surface area contributed by atoms with Crippen LogP contribution in [0.1, 0.15) is 40.0 Å². The van der Waals surface area contributed by atoms with E-state index in [1.807, 2.05) is 20.8 Å². The highest BCUT2D eigenvalue weighted by molar-refractivity contribution is 5.76. The number of rotatable bonds is 1. The standard InChI is InChI=1S/C12H19NO4/c1-12(2,3)17-11(16)13-7-4-5-9(13)8(6-7)10(14)15/h7-9H,4-6H2,1-3H3,(H,14,15)/t7-,8-,9-/m0/s1. The Balaban J connectivity index is 2.08. The molecule has 0 radical (unpaired) electrons. The first-order chi connectivity index (χ1) is 7.79. The summed E-state index contributed by atoms with van der Waals surface area (Å²) in [5.74, 6) is -1.22. The number of carboxylic acids is 1. The van der Waals surface area contributed by atoms with Gasteiger partial charge in [-0.1, -0.05) is 0 Å². The summed E-state index contributed by atoms with van der Waals surface area (Å²) in [7, 11) is 0. The van der Waals surface area contributed by atoms with Crippen LogP contribution >= 0.6 is 0 Å². The number of amides is 1. The SMILES string of the molecule is CC(C)(C)OC(=O)N1[C@H]2CC[C@H]1[C@@H](C(=O)O)C2. The van der Waals surface area contributed by atoms with Crippen LogP contribution in [0, 0.1) is 5.92 Å². The van der Waals surface area contributed by atoms with Crippen LogP contribution in [-0.4, -0.2) is 39.8 Å². The number of fused-ring (bicyclic) bond motifs is 2. The molecule has 2 aliphatic rings. The van der Waals surface area contributed by atoms with Gasteiger partial charge in [-0.25, -0.2) is 4.79 Å². The van der Waals surface area contributed by atoms with Crippen molar-refractivity contribution in [3.05, 3.63) is 0 Å². The van der Waals surface area contributed by atoms with Gasteiger partial charge in [0.15, 0.2) is 0 Å². The van der Waals surface area contributed by atoms with E-state index in [4.69, 9.17) is 9.84 Å². The van der Waals surface area contributed by atoms with E-state index in [9.17, 15) is 9.59 Å². The van der Waals surface area contributed by atoms with Gasteiger partial charge in [0.2, 0.25) is 0 Å². The van der Waals surface area contributed by atoms with Gasteiger partial charge in [-0.05, 0) is 40.0 Å².